The Morgan fingerprint density at radius 2 is 2.06 bits per heavy atom. The smallest absolute Gasteiger partial charge is 0.0690 e. The lowest BCUT2D eigenvalue weighted by Gasteiger charge is -1.87. The summed E-state index contributed by atoms with van der Waals surface area (Å²) in [5.41, 5.74) is 4.98. The van der Waals surface area contributed by atoms with Crippen LogP contribution in [0.15, 0.2) is 53.4 Å². The van der Waals surface area contributed by atoms with Crippen LogP contribution in [0.3, 0.4) is 0 Å². The molecule has 0 amide bonds. The third-order valence-electron chi connectivity index (χ3n) is 1.77. The molecule has 1 rings (SSSR count). The first-order chi connectivity index (χ1) is 8.28. The lowest BCUT2D eigenvalue weighted by molar-refractivity contribution is 1.28. The van der Waals surface area contributed by atoms with Gasteiger partial charge in [-0.2, -0.15) is 0 Å². The molecule has 0 bridgehead atoms. The van der Waals surface area contributed by atoms with Crippen molar-refractivity contribution >= 4 is 11.4 Å². The normalized spacial score (nSPS) is 11.8. The monoisotopic (exact) mass is 232 g/mol. The average Bonchev–Trinajstić information content (AvgIpc) is 2.92. The Morgan fingerprint density at radius 3 is 2.24 bits per heavy atom. The Bertz CT molecular complexity index is 327. The Hall–Kier alpha value is -1.66. The van der Waals surface area contributed by atoms with Crippen LogP contribution >= 0.6 is 0 Å². The van der Waals surface area contributed by atoms with Crippen LogP contribution in [0.25, 0.3) is 0 Å². The van der Waals surface area contributed by atoms with Gasteiger partial charge in [-0.1, -0.05) is 46.6 Å². The molecular formula is C15H24N2. The molecule has 0 N–H and O–H groups in total. The zero-order valence-corrected chi connectivity index (χ0v) is 11.5. The summed E-state index contributed by atoms with van der Waals surface area (Å²) in [5, 5.41) is 0. The fourth-order valence-electron chi connectivity index (χ4n) is 0.890. The second-order valence-corrected chi connectivity index (χ2v) is 2.77. The van der Waals surface area contributed by atoms with E-state index in [9.17, 15) is 0 Å². The maximum absolute atomic E-state index is 3.98. The van der Waals surface area contributed by atoms with Gasteiger partial charge >= 0.3 is 0 Å². The molecule has 0 atom stereocenters. The molecule has 0 saturated heterocycles. The standard InChI is InChI=1S/C7H11N.C6H7N.C2H6/c1-4-7(5-2)8-6-3;1-2-6-4-3-5-7-6;1-2/h4,6H,1,3,5H2,2H3;4-5H,2H2,1H3;1-2H3. The van der Waals surface area contributed by atoms with Crippen LogP contribution in [0.2, 0.25) is 0 Å². The third kappa shape index (κ3) is 10.6. The summed E-state index contributed by atoms with van der Waals surface area (Å²) >= 11 is 0. The predicted octanol–water partition coefficient (Wildman–Crippen LogP) is 4.71. The highest BCUT2D eigenvalue weighted by atomic mass is 14.7. The SMILES string of the molecule is C=CN=C(C=C)CC.CC.CCC1=NC=C=C1. The molecule has 1 heterocycles. The number of hydrogen-bond acceptors (Lipinski definition) is 2. The maximum atomic E-state index is 3.98. The van der Waals surface area contributed by atoms with Crippen molar-refractivity contribution in [2.75, 3.05) is 0 Å². The van der Waals surface area contributed by atoms with Crippen LogP contribution in [-0.2, 0) is 0 Å². The van der Waals surface area contributed by atoms with Crippen molar-refractivity contribution in [2.24, 2.45) is 9.98 Å². The molecule has 0 aromatic rings. The summed E-state index contributed by atoms with van der Waals surface area (Å²) < 4.78 is 0. The van der Waals surface area contributed by atoms with Crippen molar-refractivity contribution in [3.8, 4) is 0 Å². The third-order valence-corrected chi connectivity index (χ3v) is 1.77. The van der Waals surface area contributed by atoms with Crippen LogP contribution in [0, 0.1) is 0 Å². The molecule has 0 aromatic carbocycles. The Balaban J connectivity index is 0. The van der Waals surface area contributed by atoms with Crippen molar-refractivity contribution in [2.45, 2.75) is 40.5 Å². The summed E-state index contributed by atoms with van der Waals surface area (Å²) in [4.78, 5) is 7.90. The molecule has 0 aromatic heterocycles. The fraction of sp³-hybridized carbons (Fsp3) is 0.400. The van der Waals surface area contributed by atoms with Gasteiger partial charge in [-0.15, -0.1) is 0 Å². The van der Waals surface area contributed by atoms with Gasteiger partial charge in [0.1, 0.15) is 0 Å². The van der Waals surface area contributed by atoms with Gasteiger partial charge in [-0.3, -0.25) is 9.98 Å². The lowest BCUT2D eigenvalue weighted by Crippen LogP contribution is -1.85. The Kier molecular flexibility index (Phi) is 15.0. The van der Waals surface area contributed by atoms with E-state index in [1.165, 1.54) is 6.20 Å². The van der Waals surface area contributed by atoms with Crippen LogP contribution < -0.4 is 0 Å². The molecule has 1 aliphatic rings. The van der Waals surface area contributed by atoms with Crippen LogP contribution in [0.1, 0.15) is 40.5 Å². The van der Waals surface area contributed by atoms with Gasteiger partial charge in [0, 0.05) is 23.7 Å². The van der Waals surface area contributed by atoms with Gasteiger partial charge in [0.05, 0.1) is 6.20 Å². The van der Waals surface area contributed by atoms with E-state index in [-0.39, 0.29) is 0 Å². The van der Waals surface area contributed by atoms with E-state index < -0.39 is 0 Å². The van der Waals surface area contributed by atoms with E-state index in [4.69, 9.17) is 0 Å². The molecule has 0 radical (unpaired) electrons. The van der Waals surface area contributed by atoms with Crippen LogP contribution in [-0.4, -0.2) is 11.4 Å². The van der Waals surface area contributed by atoms with E-state index in [0.29, 0.717) is 0 Å². The van der Waals surface area contributed by atoms with Crippen molar-refractivity contribution in [3.05, 3.63) is 43.4 Å². The summed E-state index contributed by atoms with van der Waals surface area (Å²) in [6, 6.07) is 0. The van der Waals surface area contributed by atoms with Crippen molar-refractivity contribution < 1.29 is 0 Å². The molecule has 2 heteroatoms. The lowest BCUT2D eigenvalue weighted by atomic mass is 10.3. The number of aliphatic imine (C=N–C) groups is 2. The topological polar surface area (TPSA) is 24.7 Å². The predicted molar refractivity (Wildman–Crippen MR) is 79.8 cm³/mol. The van der Waals surface area contributed by atoms with Gasteiger partial charge in [-0.25, -0.2) is 0 Å². The van der Waals surface area contributed by atoms with Gasteiger partial charge in [-0.05, 0) is 18.9 Å². The second kappa shape index (κ2) is 14.3. The van der Waals surface area contributed by atoms with Crippen molar-refractivity contribution in [1.29, 1.82) is 0 Å². The van der Waals surface area contributed by atoms with E-state index in [0.717, 1.165) is 24.3 Å². The number of hydrogen-bond donors (Lipinski definition) is 0. The highest BCUT2D eigenvalue weighted by molar-refractivity contribution is 5.96. The largest absolute Gasteiger partial charge is 0.262 e. The highest BCUT2D eigenvalue weighted by Gasteiger charge is 1.87. The van der Waals surface area contributed by atoms with Crippen LogP contribution in [0.5, 0.6) is 0 Å². The molecule has 0 fully saturated rings. The number of rotatable bonds is 4. The first-order valence-corrected chi connectivity index (χ1v) is 6.06. The molecule has 0 unspecified atom stereocenters. The Morgan fingerprint density at radius 1 is 1.41 bits per heavy atom. The fourth-order valence-corrected chi connectivity index (χ4v) is 0.890. The first-order valence-electron chi connectivity index (χ1n) is 6.06. The molecule has 1 aliphatic heterocycles. The highest BCUT2D eigenvalue weighted by Crippen LogP contribution is 1.93. The maximum Gasteiger partial charge on any atom is 0.0690 e. The van der Waals surface area contributed by atoms with Crippen molar-refractivity contribution in [1.82, 2.24) is 0 Å². The van der Waals surface area contributed by atoms with Gasteiger partial charge in [0.2, 0.25) is 0 Å². The summed E-state index contributed by atoms with van der Waals surface area (Å²) in [7, 11) is 0. The number of allylic oxidation sites excluding steroid dienone is 2. The number of nitrogens with zero attached hydrogens (tertiary/aromatic N) is 2. The summed E-state index contributed by atoms with van der Waals surface area (Å²) in [6.07, 6.45) is 8.81. The molecule has 94 valence electrons. The Labute approximate surface area is 106 Å². The molecule has 2 nitrogen and oxygen atoms in total. The zero-order chi connectivity index (χ0) is 13.5. The van der Waals surface area contributed by atoms with Gasteiger partial charge < -0.3 is 0 Å². The quantitative estimate of drug-likeness (QED) is 0.495. The molecular weight excluding hydrogens is 208 g/mol. The first kappa shape index (κ1) is 17.7. The minimum absolute atomic E-state index is 0.926. The zero-order valence-electron chi connectivity index (χ0n) is 11.5. The molecule has 0 spiro atoms. The molecule has 0 saturated carbocycles. The summed E-state index contributed by atoms with van der Waals surface area (Å²) in [6.45, 7) is 15.1. The van der Waals surface area contributed by atoms with Crippen molar-refractivity contribution in [3.63, 3.8) is 0 Å². The van der Waals surface area contributed by atoms with Crippen LogP contribution in [0.4, 0.5) is 0 Å². The molecule has 17 heavy (non-hydrogen) atoms. The average molecular weight is 232 g/mol. The minimum atomic E-state index is 0.926. The van der Waals surface area contributed by atoms with Gasteiger partial charge in [0.25, 0.3) is 0 Å². The summed E-state index contributed by atoms with van der Waals surface area (Å²) in [5.74, 6) is 0. The van der Waals surface area contributed by atoms with E-state index in [1.54, 1.807) is 12.3 Å². The van der Waals surface area contributed by atoms with Gasteiger partial charge in [0.15, 0.2) is 0 Å². The minimum Gasteiger partial charge on any atom is -0.262 e. The second-order valence-electron chi connectivity index (χ2n) is 2.77. The van der Waals surface area contributed by atoms with E-state index >= 15 is 0 Å². The van der Waals surface area contributed by atoms with E-state index in [2.05, 4.69) is 35.8 Å². The van der Waals surface area contributed by atoms with E-state index in [1.807, 2.05) is 26.8 Å². The molecule has 0 aliphatic carbocycles.